The van der Waals surface area contributed by atoms with Crippen molar-refractivity contribution in [2.45, 2.75) is 6.92 Å². The van der Waals surface area contributed by atoms with Gasteiger partial charge in [-0.25, -0.2) is 4.79 Å². The molecule has 2 aromatic rings. The van der Waals surface area contributed by atoms with E-state index in [1.807, 2.05) is 30.3 Å². The number of nitrogens with zero attached hydrogens (tertiary/aromatic N) is 1. The Bertz CT molecular complexity index is 683. The van der Waals surface area contributed by atoms with Gasteiger partial charge in [-0.2, -0.15) is 5.10 Å². The molecule has 1 aromatic heterocycles. The van der Waals surface area contributed by atoms with Gasteiger partial charge in [0, 0.05) is 5.56 Å². The third-order valence-corrected chi connectivity index (χ3v) is 3.95. The van der Waals surface area contributed by atoms with Crippen molar-refractivity contribution in [1.29, 1.82) is 0 Å². The molecule has 23 heavy (non-hydrogen) atoms. The minimum atomic E-state index is -0.442. The lowest BCUT2D eigenvalue weighted by molar-refractivity contribution is 0.0529. The van der Waals surface area contributed by atoms with Crippen LogP contribution in [-0.2, 0) is 4.74 Å². The summed E-state index contributed by atoms with van der Waals surface area (Å²) >= 11 is 1.27. The number of carbonyl (C=O) groups excluding carboxylic acids is 1. The van der Waals surface area contributed by atoms with Crippen LogP contribution in [0.25, 0.3) is 11.1 Å². The molecule has 0 atom stereocenters. The summed E-state index contributed by atoms with van der Waals surface area (Å²) in [6.45, 7) is 2.37. The number of ether oxygens (including phenoxy) is 1. The number of rotatable bonds is 7. The Kier molecular flexibility index (Phi) is 6.13. The van der Waals surface area contributed by atoms with E-state index in [0.29, 0.717) is 22.7 Å². The maximum Gasteiger partial charge on any atom is 0.341 e. The number of aliphatic hydroxyl groups is 1. The number of nitrogen functional groups attached to an aromatic ring is 1. The van der Waals surface area contributed by atoms with Gasteiger partial charge in [-0.3, -0.25) is 0 Å². The number of nitrogens with two attached hydrogens (primary N) is 1. The third-order valence-electron chi connectivity index (χ3n) is 3.00. The van der Waals surface area contributed by atoms with Crippen molar-refractivity contribution < 1.29 is 14.6 Å². The van der Waals surface area contributed by atoms with Gasteiger partial charge in [0.1, 0.15) is 10.6 Å². The fourth-order valence-corrected chi connectivity index (χ4v) is 3.03. The van der Waals surface area contributed by atoms with Crippen molar-refractivity contribution in [3.63, 3.8) is 0 Å². The van der Waals surface area contributed by atoms with E-state index in [1.54, 1.807) is 13.1 Å². The predicted molar refractivity (Wildman–Crippen MR) is 92.8 cm³/mol. The van der Waals surface area contributed by atoms with E-state index in [9.17, 15) is 4.79 Å². The third kappa shape index (κ3) is 4.08. The zero-order valence-electron chi connectivity index (χ0n) is 12.8. The van der Waals surface area contributed by atoms with Gasteiger partial charge in [0.05, 0.1) is 30.9 Å². The molecule has 1 heterocycles. The van der Waals surface area contributed by atoms with Crippen LogP contribution in [-0.4, -0.2) is 37.0 Å². The number of aliphatic hydroxyl groups excluding tert-OH is 1. The Morgan fingerprint density at radius 1 is 1.43 bits per heavy atom. The van der Waals surface area contributed by atoms with Crippen molar-refractivity contribution in [3.05, 3.63) is 40.8 Å². The van der Waals surface area contributed by atoms with Gasteiger partial charge >= 0.3 is 5.97 Å². The van der Waals surface area contributed by atoms with Crippen LogP contribution in [0, 0.1) is 0 Å². The lowest BCUT2D eigenvalue weighted by Crippen LogP contribution is -2.11. The first-order valence-electron chi connectivity index (χ1n) is 7.20. The number of benzene rings is 1. The molecular weight excluding hydrogens is 314 g/mol. The molecule has 0 fully saturated rings. The van der Waals surface area contributed by atoms with Crippen LogP contribution in [0.1, 0.15) is 22.2 Å². The Labute approximate surface area is 138 Å². The molecule has 0 aliphatic heterocycles. The fraction of sp³-hybridized carbons (Fsp3) is 0.250. The summed E-state index contributed by atoms with van der Waals surface area (Å²) in [5.74, 6) is -0.442. The summed E-state index contributed by atoms with van der Waals surface area (Å²) in [6.07, 6.45) is 1.60. The summed E-state index contributed by atoms with van der Waals surface area (Å²) in [6, 6.07) is 9.50. The van der Waals surface area contributed by atoms with Crippen molar-refractivity contribution in [2.24, 2.45) is 5.10 Å². The molecule has 0 amide bonds. The van der Waals surface area contributed by atoms with Gasteiger partial charge in [-0.05, 0) is 12.5 Å². The quantitative estimate of drug-likeness (QED) is 0.312. The number of hydrogen-bond acceptors (Lipinski definition) is 7. The molecule has 0 saturated carbocycles. The van der Waals surface area contributed by atoms with Crippen molar-refractivity contribution in [1.82, 2.24) is 5.43 Å². The SMILES string of the molecule is CCOC(=O)c1c(N)sc(C=NNCCO)c1-c1ccccc1. The first-order valence-corrected chi connectivity index (χ1v) is 8.02. The van der Waals surface area contributed by atoms with Gasteiger partial charge in [0.2, 0.25) is 0 Å². The number of esters is 1. The van der Waals surface area contributed by atoms with Gasteiger partial charge < -0.3 is 21.0 Å². The largest absolute Gasteiger partial charge is 0.462 e. The molecule has 122 valence electrons. The normalized spacial score (nSPS) is 10.9. The number of anilines is 1. The Morgan fingerprint density at radius 2 is 2.17 bits per heavy atom. The second-order valence-corrected chi connectivity index (χ2v) is 5.64. The van der Waals surface area contributed by atoms with Crippen LogP contribution in [0.3, 0.4) is 0 Å². The molecule has 7 heteroatoms. The van der Waals surface area contributed by atoms with E-state index < -0.39 is 5.97 Å². The molecule has 1 aromatic carbocycles. The average Bonchev–Trinajstić information content (AvgIpc) is 2.89. The molecule has 6 nitrogen and oxygen atoms in total. The van der Waals surface area contributed by atoms with E-state index >= 15 is 0 Å². The summed E-state index contributed by atoms with van der Waals surface area (Å²) in [5, 5.41) is 13.2. The number of hydrogen-bond donors (Lipinski definition) is 3. The maximum atomic E-state index is 12.3. The number of thiophene rings is 1. The molecule has 0 aliphatic carbocycles. The zero-order valence-corrected chi connectivity index (χ0v) is 13.6. The van der Waals surface area contributed by atoms with Crippen LogP contribution in [0.4, 0.5) is 5.00 Å². The van der Waals surface area contributed by atoms with Gasteiger partial charge in [0.15, 0.2) is 0 Å². The van der Waals surface area contributed by atoms with Crippen LogP contribution >= 0.6 is 11.3 Å². The maximum absolute atomic E-state index is 12.3. The molecule has 0 spiro atoms. The van der Waals surface area contributed by atoms with Crippen LogP contribution in [0.5, 0.6) is 0 Å². The topological polar surface area (TPSA) is 96.9 Å². The van der Waals surface area contributed by atoms with Crippen LogP contribution in [0.2, 0.25) is 0 Å². The van der Waals surface area contributed by atoms with Gasteiger partial charge in [-0.15, -0.1) is 11.3 Å². The first-order chi connectivity index (χ1) is 11.2. The van der Waals surface area contributed by atoms with E-state index in [0.717, 1.165) is 10.4 Å². The molecule has 0 unspecified atom stereocenters. The average molecular weight is 333 g/mol. The van der Waals surface area contributed by atoms with E-state index in [1.165, 1.54) is 11.3 Å². The van der Waals surface area contributed by atoms with Gasteiger partial charge in [0.25, 0.3) is 0 Å². The molecule has 0 aliphatic rings. The molecule has 4 N–H and O–H groups in total. The van der Waals surface area contributed by atoms with Crippen molar-refractivity contribution in [2.75, 3.05) is 25.5 Å². The number of hydrazone groups is 1. The highest BCUT2D eigenvalue weighted by atomic mass is 32.1. The predicted octanol–water partition coefficient (Wildman–Crippen LogP) is 2.09. The van der Waals surface area contributed by atoms with E-state index in [2.05, 4.69) is 10.5 Å². The summed E-state index contributed by atoms with van der Waals surface area (Å²) in [7, 11) is 0. The monoisotopic (exact) mass is 333 g/mol. The molecule has 2 rings (SSSR count). The summed E-state index contributed by atoms with van der Waals surface area (Å²) in [5.41, 5.74) is 10.7. The standard InChI is InChI=1S/C16H19N3O3S/c1-2-22-16(21)14-13(11-6-4-3-5-7-11)12(23-15(14)17)10-19-18-8-9-20/h3-7,10,18,20H,2,8-9,17H2,1H3. The Balaban J connectivity index is 2.48. The van der Waals surface area contributed by atoms with E-state index in [4.69, 9.17) is 15.6 Å². The van der Waals surface area contributed by atoms with Gasteiger partial charge in [-0.1, -0.05) is 30.3 Å². The minimum Gasteiger partial charge on any atom is -0.462 e. The molecular formula is C16H19N3O3S. The number of nitrogens with one attached hydrogen (secondary N) is 1. The van der Waals surface area contributed by atoms with Crippen LogP contribution < -0.4 is 11.2 Å². The summed E-state index contributed by atoms with van der Waals surface area (Å²) in [4.78, 5) is 13.0. The second-order valence-electron chi connectivity index (χ2n) is 4.56. The molecule has 0 saturated heterocycles. The second kappa shape index (κ2) is 8.30. The fourth-order valence-electron chi connectivity index (χ4n) is 2.07. The molecule has 0 radical (unpaired) electrons. The van der Waals surface area contributed by atoms with E-state index in [-0.39, 0.29) is 13.2 Å². The smallest absolute Gasteiger partial charge is 0.341 e. The Morgan fingerprint density at radius 3 is 2.83 bits per heavy atom. The first kappa shape index (κ1) is 17.0. The number of carbonyl (C=O) groups is 1. The lowest BCUT2D eigenvalue weighted by atomic mass is 10.0. The lowest BCUT2D eigenvalue weighted by Gasteiger charge is -2.06. The highest BCUT2D eigenvalue weighted by Gasteiger charge is 2.23. The molecule has 0 bridgehead atoms. The summed E-state index contributed by atoms with van der Waals surface area (Å²) < 4.78 is 5.12. The Hall–Kier alpha value is -2.38. The highest BCUT2D eigenvalue weighted by Crippen LogP contribution is 2.38. The van der Waals surface area contributed by atoms with Crippen molar-refractivity contribution in [3.8, 4) is 11.1 Å². The zero-order chi connectivity index (χ0) is 16.7. The van der Waals surface area contributed by atoms with Crippen molar-refractivity contribution >= 4 is 28.5 Å². The van der Waals surface area contributed by atoms with Crippen LogP contribution in [0.15, 0.2) is 35.4 Å². The highest BCUT2D eigenvalue weighted by molar-refractivity contribution is 7.18. The minimum absolute atomic E-state index is 0.0104.